The van der Waals surface area contributed by atoms with E-state index in [1.807, 2.05) is 0 Å². The zero-order valence-electron chi connectivity index (χ0n) is 10.4. The smallest absolute Gasteiger partial charge is 0.333 e. The molecule has 0 spiro atoms. The van der Waals surface area contributed by atoms with Gasteiger partial charge in [0.05, 0.1) is 6.61 Å². The highest BCUT2D eigenvalue weighted by Gasteiger charge is 2.41. The van der Waals surface area contributed by atoms with E-state index in [9.17, 15) is 4.79 Å². The van der Waals surface area contributed by atoms with Gasteiger partial charge < -0.3 is 4.74 Å². The van der Waals surface area contributed by atoms with Gasteiger partial charge in [0.1, 0.15) is 0 Å². The Balaban J connectivity index is 1.78. The molecule has 0 radical (unpaired) electrons. The van der Waals surface area contributed by atoms with Crippen molar-refractivity contribution in [2.75, 3.05) is 6.61 Å². The van der Waals surface area contributed by atoms with Gasteiger partial charge in [-0.3, -0.25) is 0 Å². The minimum absolute atomic E-state index is 0.241. The Morgan fingerprint density at radius 2 is 2.19 bits per heavy atom. The highest BCUT2D eigenvalue weighted by Crippen LogP contribution is 2.50. The maximum Gasteiger partial charge on any atom is 0.333 e. The van der Waals surface area contributed by atoms with Crippen LogP contribution in [0.1, 0.15) is 39.5 Å². The van der Waals surface area contributed by atoms with E-state index in [-0.39, 0.29) is 5.97 Å². The van der Waals surface area contributed by atoms with Gasteiger partial charge in [-0.1, -0.05) is 19.9 Å². The molecular formula is C14H22O2. The van der Waals surface area contributed by atoms with Crippen LogP contribution in [0.15, 0.2) is 12.2 Å². The molecule has 2 heteroatoms. The van der Waals surface area contributed by atoms with Crippen LogP contribution in [0.5, 0.6) is 0 Å². The molecule has 2 nitrogen and oxygen atoms in total. The number of carbonyl (C=O) groups is 1. The fourth-order valence-corrected chi connectivity index (χ4v) is 3.44. The fraction of sp³-hybridized carbons (Fsp3) is 0.786. The Bertz CT molecular complexity index is 295. The highest BCUT2D eigenvalue weighted by molar-refractivity contribution is 5.86. The van der Waals surface area contributed by atoms with Gasteiger partial charge in [0.2, 0.25) is 0 Å². The topological polar surface area (TPSA) is 26.3 Å². The third-order valence-electron chi connectivity index (χ3n) is 4.35. The lowest BCUT2D eigenvalue weighted by Crippen LogP contribution is -2.24. The van der Waals surface area contributed by atoms with Crippen molar-refractivity contribution in [3.63, 3.8) is 0 Å². The maximum atomic E-state index is 11.3. The average molecular weight is 222 g/mol. The number of hydrogen-bond donors (Lipinski definition) is 0. The van der Waals surface area contributed by atoms with Crippen LogP contribution in [0, 0.1) is 23.7 Å². The normalized spacial score (nSPS) is 33.8. The summed E-state index contributed by atoms with van der Waals surface area (Å²) in [5, 5.41) is 0. The predicted molar refractivity (Wildman–Crippen MR) is 63.9 cm³/mol. The molecule has 0 aromatic heterocycles. The minimum atomic E-state index is -0.241. The molecule has 2 saturated carbocycles. The van der Waals surface area contributed by atoms with Gasteiger partial charge in [-0.2, -0.15) is 0 Å². The van der Waals surface area contributed by atoms with Gasteiger partial charge >= 0.3 is 5.97 Å². The summed E-state index contributed by atoms with van der Waals surface area (Å²) in [4.78, 5) is 11.3. The second-order valence-corrected chi connectivity index (χ2v) is 5.69. The first-order chi connectivity index (χ1) is 7.58. The molecule has 16 heavy (non-hydrogen) atoms. The molecule has 2 aliphatic rings. The van der Waals surface area contributed by atoms with Crippen molar-refractivity contribution < 1.29 is 9.53 Å². The molecule has 0 aromatic rings. The standard InChI is InChI=1S/C14H22O2/c1-9(2)14(15)16-8-10(3)13-7-11-4-5-12(13)6-11/h10-13H,1,4-8H2,2-3H3. The monoisotopic (exact) mass is 222 g/mol. The molecule has 0 heterocycles. The SMILES string of the molecule is C=C(C)C(=O)OCC(C)C1CC2CCC1C2. The summed E-state index contributed by atoms with van der Waals surface area (Å²) in [6.07, 6.45) is 5.60. The zero-order valence-corrected chi connectivity index (χ0v) is 10.4. The molecule has 4 unspecified atom stereocenters. The van der Waals surface area contributed by atoms with Crippen LogP contribution in [0.2, 0.25) is 0 Å². The predicted octanol–water partition coefficient (Wildman–Crippen LogP) is 3.18. The number of carbonyl (C=O) groups excluding carboxylic acids is 1. The fourth-order valence-electron chi connectivity index (χ4n) is 3.44. The first-order valence-electron chi connectivity index (χ1n) is 6.40. The van der Waals surface area contributed by atoms with Gasteiger partial charge in [-0.05, 0) is 49.9 Å². The Morgan fingerprint density at radius 1 is 1.44 bits per heavy atom. The molecule has 2 bridgehead atoms. The number of esters is 1. The van der Waals surface area contributed by atoms with E-state index in [1.54, 1.807) is 6.92 Å². The highest BCUT2D eigenvalue weighted by atomic mass is 16.5. The van der Waals surface area contributed by atoms with Gasteiger partial charge in [-0.25, -0.2) is 4.79 Å². The molecule has 0 saturated heterocycles. The van der Waals surface area contributed by atoms with Crippen LogP contribution in [-0.2, 0) is 9.53 Å². The first kappa shape index (κ1) is 11.7. The van der Waals surface area contributed by atoms with Crippen molar-refractivity contribution in [2.24, 2.45) is 23.7 Å². The summed E-state index contributed by atoms with van der Waals surface area (Å²) < 4.78 is 5.25. The van der Waals surface area contributed by atoms with Gasteiger partial charge in [0.25, 0.3) is 0 Å². The van der Waals surface area contributed by atoms with Crippen molar-refractivity contribution in [1.29, 1.82) is 0 Å². The van der Waals surface area contributed by atoms with E-state index in [2.05, 4.69) is 13.5 Å². The molecule has 0 amide bonds. The molecule has 0 N–H and O–H groups in total. The van der Waals surface area contributed by atoms with Crippen LogP contribution >= 0.6 is 0 Å². The van der Waals surface area contributed by atoms with Crippen LogP contribution < -0.4 is 0 Å². The summed E-state index contributed by atoms with van der Waals surface area (Å²) in [5.74, 6) is 2.93. The van der Waals surface area contributed by atoms with Crippen molar-refractivity contribution in [3.8, 4) is 0 Å². The quantitative estimate of drug-likeness (QED) is 0.539. The number of hydrogen-bond acceptors (Lipinski definition) is 2. The van der Waals surface area contributed by atoms with Gasteiger partial charge in [0, 0.05) is 5.57 Å². The largest absolute Gasteiger partial charge is 0.462 e. The Labute approximate surface area is 98.1 Å². The van der Waals surface area contributed by atoms with E-state index in [0.717, 1.165) is 17.8 Å². The molecule has 2 rings (SSSR count). The van der Waals surface area contributed by atoms with Crippen molar-refractivity contribution in [1.82, 2.24) is 0 Å². The van der Waals surface area contributed by atoms with Crippen molar-refractivity contribution >= 4 is 5.97 Å². The number of ether oxygens (including phenoxy) is 1. The van der Waals surface area contributed by atoms with E-state index in [0.29, 0.717) is 18.1 Å². The van der Waals surface area contributed by atoms with E-state index >= 15 is 0 Å². The summed E-state index contributed by atoms with van der Waals surface area (Å²) in [7, 11) is 0. The lowest BCUT2D eigenvalue weighted by Gasteiger charge is -2.27. The van der Waals surface area contributed by atoms with Crippen LogP contribution in [0.4, 0.5) is 0 Å². The second kappa shape index (κ2) is 4.60. The Hall–Kier alpha value is -0.790. The van der Waals surface area contributed by atoms with E-state index in [1.165, 1.54) is 25.7 Å². The third-order valence-corrected chi connectivity index (χ3v) is 4.35. The van der Waals surface area contributed by atoms with Gasteiger partial charge in [0.15, 0.2) is 0 Å². The van der Waals surface area contributed by atoms with Crippen molar-refractivity contribution in [3.05, 3.63) is 12.2 Å². The lowest BCUT2D eigenvalue weighted by molar-refractivity contribution is -0.140. The third kappa shape index (κ3) is 2.31. The van der Waals surface area contributed by atoms with Crippen LogP contribution in [0.25, 0.3) is 0 Å². The Morgan fingerprint density at radius 3 is 2.69 bits per heavy atom. The minimum Gasteiger partial charge on any atom is -0.462 e. The zero-order chi connectivity index (χ0) is 11.7. The van der Waals surface area contributed by atoms with Crippen LogP contribution in [-0.4, -0.2) is 12.6 Å². The molecular weight excluding hydrogens is 200 g/mol. The summed E-state index contributed by atoms with van der Waals surface area (Å²) in [6, 6.07) is 0. The van der Waals surface area contributed by atoms with E-state index < -0.39 is 0 Å². The molecule has 4 atom stereocenters. The molecule has 2 fully saturated rings. The number of fused-ring (bicyclic) bond motifs is 2. The molecule has 0 aliphatic heterocycles. The van der Waals surface area contributed by atoms with Crippen LogP contribution in [0.3, 0.4) is 0 Å². The molecule has 90 valence electrons. The summed E-state index contributed by atoms with van der Waals surface area (Å²) in [6.45, 7) is 8.08. The lowest BCUT2D eigenvalue weighted by atomic mass is 9.80. The molecule has 0 aromatic carbocycles. The maximum absolute atomic E-state index is 11.3. The van der Waals surface area contributed by atoms with Crippen molar-refractivity contribution in [2.45, 2.75) is 39.5 Å². The Kier molecular flexibility index (Phi) is 3.36. The van der Waals surface area contributed by atoms with Gasteiger partial charge in [-0.15, -0.1) is 0 Å². The average Bonchev–Trinajstić information content (AvgIpc) is 2.86. The summed E-state index contributed by atoms with van der Waals surface area (Å²) >= 11 is 0. The second-order valence-electron chi connectivity index (χ2n) is 5.69. The molecule has 2 aliphatic carbocycles. The first-order valence-corrected chi connectivity index (χ1v) is 6.40. The summed E-state index contributed by atoms with van der Waals surface area (Å²) in [5.41, 5.74) is 0.500. The number of rotatable bonds is 4. The van der Waals surface area contributed by atoms with E-state index in [4.69, 9.17) is 4.74 Å².